The van der Waals surface area contributed by atoms with E-state index < -0.39 is 0 Å². The summed E-state index contributed by atoms with van der Waals surface area (Å²) >= 11 is 0. The molecule has 6 aromatic carbocycles. The molecule has 0 radical (unpaired) electrons. The van der Waals surface area contributed by atoms with Crippen LogP contribution >= 0.6 is 0 Å². The van der Waals surface area contributed by atoms with Gasteiger partial charge in [-0.15, -0.1) is 0 Å². The van der Waals surface area contributed by atoms with Crippen LogP contribution in [0.4, 0.5) is 0 Å². The number of hydrogen-bond donors (Lipinski definition) is 0. The van der Waals surface area contributed by atoms with Gasteiger partial charge in [0, 0.05) is 22.7 Å². The first-order chi connectivity index (χ1) is 23.1. The summed E-state index contributed by atoms with van der Waals surface area (Å²) in [5.74, 6) is 0.684. The number of benzene rings is 6. The molecule has 0 amide bonds. The Bertz CT molecular complexity index is 2420. The minimum Gasteiger partial charge on any atom is -0.255 e. The summed E-state index contributed by atoms with van der Waals surface area (Å²) in [6, 6.07) is 51.6. The summed E-state index contributed by atoms with van der Waals surface area (Å²) in [5, 5.41) is 4.97. The van der Waals surface area contributed by atoms with E-state index in [-0.39, 0.29) is 5.41 Å². The Morgan fingerprint density at radius 3 is 1.96 bits per heavy atom. The van der Waals surface area contributed by atoms with Crippen LogP contribution in [0.3, 0.4) is 0 Å². The molecule has 0 N–H and O–H groups in total. The molecule has 0 atom stereocenters. The fourth-order valence-corrected chi connectivity index (χ4v) is 7.58. The number of rotatable bonds is 4. The Labute approximate surface area is 274 Å². The van der Waals surface area contributed by atoms with Crippen molar-refractivity contribution in [2.24, 2.45) is 0 Å². The van der Waals surface area contributed by atoms with Gasteiger partial charge in [-0.3, -0.25) is 4.98 Å². The first-order valence-corrected chi connectivity index (χ1v) is 16.1. The van der Waals surface area contributed by atoms with Gasteiger partial charge in [0.05, 0.1) is 17.1 Å². The molecular formula is C44H31N3. The molecule has 0 aliphatic heterocycles. The normalized spacial score (nSPS) is 13.1. The highest BCUT2D eigenvalue weighted by Crippen LogP contribution is 2.55. The van der Waals surface area contributed by atoms with Gasteiger partial charge in [-0.05, 0) is 73.1 Å². The van der Waals surface area contributed by atoms with Crippen molar-refractivity contribution in [1.82, 2.24) is 15.0 Å². The van der Waals surface area contributed by atoms with E-state index in [9.17, 15) is 0 Å². The summed E-state index contributed by atoms with van der Waals surface area (Å²) in [6.45, 7) is 4.74. The minimum absolute atomic E-state index is 0.117. The van der Waals surface area contributed by atoms with Crippen LogP contribution in [-0.4, -0.2) is 15.0 Å². The van der Waals surface area contributed by atoms with E-state index in [1.807, 2.05) is 42.6 Å². The molecule has 2 aromatic heterocycles. The fraction of sp³-hybridized carbons (Fsp3) is 0.0682. The second-order valence-corrected chi connectivity index (χ2v) is 12.8. The minimum atomic E-state index is -0.117. The third kappa shape index (κ3) is 4.31. The lowest BCUT2D eigenvalue weighted by atomic mass is 9.80. The molecule has 1 aliphatic carbocycles. The van der Waals surface area contributed by atoms with Crippen molar-refractivity contribution in [2.45, 2.75) is 19.3 Å². The Hall–Kier alpha value is -5.93. The first kappa shape index (κ1) is 27.4. The van der Waals surface area contributed by atoms with Crippen LogP contribution in [0.1, 0.15) is 25.0 Å². The summed E-state index contributed by atoms with van der Waals surface area (Å²) < 4.78 is 0. The van der Waals surface area contributed by atoms with Gasteiger partial charge in [-0.1, -0.05) is 141 Å². The van der Waals surface area contributed by atoms with E-state index in [1.54, 1.807) is 0 Å². The zero-order valence-corrected chi connectivity index (χ0v) is 26.3. The van der Waals surface area contributed by atoms with Gasteiger partial charge in [0.25, 0.3) is 0 Å². The first-order valence-electron chi connectivity index (χ1n) is 16.1. The molecule has 3 nitrogen and oxygen atoms in total. The quantitative estimate of drug-likeness (QED) is 0.201. The highest BCUT2D eigenvalue weighted by molar-refractivity contribution is 6.09. The van der Waals surface area contributed by atoms with E-state index in [0.29, 0.717) is 5.82 Å². The monoisotopic (exact) mass is 601 g/mol. The van der Waals surface area contributed by atoms with Gasteiger partial charge in [0.15, 0.2) is 5.82 Å². The van der Waals surface area contributed by atoms with E-state index in [4.69, 9.17) is 9.97 Å². The van der Waals surface area contributed by atoms with Crippen LogP contribution in [0.2, 0.25) is 0 Å². The lowest BCUT2D eigenvalue weighted by Crippen LogP contribution is -2.15. The summed E-state index contributed by atoms with van der Waals surface area (Å²) in [4.78, 5) is 14.7. The van der Waals surface area contributed by atoms with Gasteiger partial charge in [0.2, 0.25) is 0 Å². The smallest absolute Gasteiger partial charge is 0.160 e. The van der Waals surface area contributed by atoms with Crippen molar-refractivity contribution < 1.29 is 0 Å². The van der Waals surface area contributed by atoms with Crippen molar-refractivity contribution in [3.8, 4) is 56.3 Å². The molecule has 0 saturated carbocycles. The molecule has 222 valence electrons. The third-order valence-corrected chi connectivity index (χ3v) is 9.74. The highest BCUT2D eigenvalue weighted by Gasteiger charge is 2.38. The van der Waals surface area contributed by atoms with Gasteiger partial charge >= 0.3 is 0 Å². The molecule has 0 unspecified atom stereocenters. The Balaban J connectivity index is 1.27. The molecule has 3 heteroatoms. The highest BCUT2D eigenvalue weighted by atomic mass is 14.9. The van der Waals surface area contributed by atoms with Gasteiger partial charge in [-0.25, -0.2) is 9.97 Å². The molecule has 9 rings (SSSR count). The predicted molar refractivity (Wildman–Crippen MR) is 194 cm³/mol. The number of hydrogen-bond acceptors (Lipinski definition) is 3. The maximum Gasteiger partial charge on any atom is 0.160 e. The van der Waals surface area contributed by atoms with Crippen LogP contribution in [-0.2, 0) is 5.41 Å². The number of fused-ring (bicyclic) bond motifs is 6. The van der Waals surface area contributed by atoms with Crippen molar-refractivity contribution in [2.75, 3.05) is 0 Å². The molecule has 0 bridgehead atoms. The molecule has 2 heterocycles. The Morgan fingerprint density at radius 1 is 0.468 bits per heavy atom. The number of pyridine rings is 1. The van der Waals surface area contributed by atoms with Crippen LogP contribution in [0, 0.1) is 0 Å². The largest absolute Gasteiger partial charge is 0.255 e. The van der Waals surface area contributed by atoms with Gasteiger partial charge < -0.3 is 0 Å². The average molecular weight is 602 g/mol. The fourth-order valence-electron chi connectivity index (χ4n) is 7.58. The number of aromatic nitrogens is 3. The van der Waals surface area contributed by atoms with E-state index in [0.717, 1.165) is 33.6 Å². The summed E-state index contributed by atoms with van der Waals surface area (Å²) in [7, 11) is 0. The molecule has 8 aromatic rings. The lowest BCUT2D eigenvalue weighted by Gasteiger charge is -2.23. The van der Waals surface area contributed by atoms with Crippen molar-refractivity contribution in [3.05, 3.63) is 163 Å². The molecule has 0 fully saturated rings. The standard InChI is InChI=1S/C44H31N3/c1-44(2)37-20-12-19-35(41(37)36-23-22-28-13-6-7-16-30(28)42(36)44)33-24-25-34(32-18-9-8-17-31(32)33)39-27-40(38-21-10-11-26-45-38)47-43(46-39)29-14-4-3-5-15-29/h3-27H,1-2H3. The van der Waals surface area contributed by atoms with Crippen molar-refractivity contribution >= 4 is 21.5 Å². The molecule has 1 aliphatic rings. The summed E-state index contributed by atoms with van der Waals surface area (Å²) in [5.41, 5.74) is 12.4. The van der Waals surface area contributed by atoms with Crippen LogP contribution in [0.15, 0.2) is 152 Å². The van der Waals surface area contributed by atoms with Crippen LogP contribution in [0.25, 0.3) is 77.8 Å². The third-order valence-electron chi connectivity index (χ3n) is 9.74. The van der Waals surface area contributed by atoms with Gasteiger partial charge in [0.1, 0.15) is 0 Å². The van der Waals surface area contributed by atoms with E-state index >= 15 is 0 Å². The molecule has 0 spiro atoms. The predicted octanol–water partition coefficient (Wildman–Crippen LogP) is 11.2. The van der Waals surface area contributed by atoms with Crippen LogP contribution in [0.5, 0.6) is 0 Å². The summed E-state index contributed by atoms with van der Waals surface area (Å²) in [6.07, 6.45) is 1.81. The zero-order chi connectivity index (χ0) is 31.5. The van der Waals surface area contributed by atoms with Crippen LogP contribution < -0.4 is 0 Å². The maximum absolute atomic E-state index is 5.15. The Morgan fingerprint density at radius 2 is 1.15 bits per heavy atom. The molecular weight excluding hydrogens is 571 g/mol. The maximum atomic E-state index is 5.15. The van der Waals surface area contributed by atoms with E-state index in [2.05, 4.69) is 128 Å². The topological polar surface area (TPSA) is 38.7 Å². The lowest BCUT2D eigenvalue weighted by molar-refractivity contribution is 0.666. The SMILES string of the molecule is CC1(C)c2cccc(-c3ccc(-c4cc(-c5ccccn5)nc(-c5ccccc5)n4)c4ccccc34)c2-c2ccc3ccccc3c21. The molecule has 0 saturated heterocycles. The Kier molecular flexibility index (Phi) is 6.16. The average Bonchev–Trinajstić information content (AvgIpc) is 3.38. The zero-order valence-electron chi connectivity index (χ0n) is 26.3. The second kappa shape index (κ2) is 10.6. The van der Waals surface area contributed by atoms with E-state index in [1.165, 1.54) is 49.5 Å². The van der Waals surface area contributed by atoms with Crippen molar-refractivity contribution in [1.29, 1.82) is 0 Å². The van der Waals surface area contributed by atoms with Crippen molar-refractivity contribution in [3.63, 3.8) is 0 Å². The number of nitrogens with zero attached hydrogens (tertiary/aromatic N) is 3. The molecule has 47 heavy (non-hydrogen) atoms. The van der Waals surface area contributed by atoms with Gasteiger partial charge in [-0.2, -0.15) is 0 Å². The second-order valence-electron chi connectivity index (χ2n) is 12.8.